The minimum absolute atomic E-state index is 0.00713. The van der Waals surface area contributed by atoms with Gasteiger partial charge in [-0.2, -0.15) is 0 Å². The molecule has 194 valence electrons. The Labute approximate surface area is 210 Å². The van der Waals surface area contributed by atoms with Gasteiger partial charge in [0.25, 0.3) is 0 Å². The molecule has 4 N–H and O–H groups in total. The molecule has 0 saturated heterocycles. The number of fused-ring (bicyclic) bond motifs is 1. The second kappa shape index (κ2) is 11.9. The molecule has 0 fully saturated rings. The van der Waals surface area contributed by atoms with Gasteiger partial charge in [-0.3, -0.25) is 14.9 Å². The molecule has 0 aliphatic carbocycles. The van der Waals surface area contributed by atoms with E-state index in [1.807, 2.05) is 19.0 Å². The molecule has 0 saturated carbocycles. The van der Waals surface area contributed by atoms with Crippen molar-refractivity contribution in [1.82, 2.24) is 14.5 Å². The van der Waals surface area contributed by atoms with E-state index < -0.39 is 16.0 Å². The zero-order valence-corrected chi connectivity index (χ0v) is 21.5. The Kier molecular flexibility index (Phi) is 8.88. The van der Waals surface area contributed by atoms with E-state index in [-0.39, 0.29) is 31.3 Å². The van der Waals surface area contributed by atoms with Crippen molar-refractivity contribution in [3.05, 3.63) is 53.9 Å². The number of ether oxygens (including phenoxy) is 2. The van der Waals surface area contributed by atoms with Crippen LogP contribution in [0.25, 0.3) is 11.0 Å². The standard InChI is InChI=1S/C24H32N6O5S/c1-4-34-23(31)15-30-21-14-18(28-36(32,33)13-5-12-29(2)3)8-11-20(21)27-22(30)16-35-19-9-6-17(7-10-19)24(25)26/h6-11,14,28H,4-5,12-13,15-16H2,1-3H3,(H3,25,26). The largest absolute Gasteiger partial charge is 0.486 e. The van der Waals surface area contributed by atoms with Gasteiger partial charge in [-0.15, -0.1) is 0 Å². The second-order valence-corrected chi connectivity index (χ2v) is 10.3. The van der Waals surface area contributed by atoms with Gasteiger partial charge in [0.05, 0.1) is 29.1 Å². The van der Waals surface area contributed by atoms with Crippen LogP contribution in [-0.4, -0.2) is 67.7 Å². The summed E-state index contributed by atoms with van der Waals surface area (Å²) in [6, 6.07) is 11.7. The lowest BCUT2D eigenvalue weighted by Crippen LogP contribution is -2.21. The maximum Gasteiger partial charge on any atom is 0.326 e. The maximum atomic E-state index is 12.5. The number of imidazole rings is 1. The van der Waals surface area contributed by atoms with E-state index in [0.29, 0.717) is 46.8 Å². The summed E-state index contributed by atoms with van der Waals surface area (Å²) in [5.41, 5.74) is 7.60. The van der Waals surface area contributed by atoms with E-state index in [2.05, 4.69) is 9.71 Å². The van der Waals surface area contributed by atoms with Crippen LogP contribution in [0.15, 0.2) is 42.5 Å². The number of rotatable bonds is 13. The smallest absolute Gasteiger partial charge is 0.326 e. The van der Waals surface area contributed by atoms with Gasteiger partial charge in [0.1, 0.15) is 30.6 Å². The molecule has 12 heteroatoms. The number of sulfonamides is 1. The molecular weight excluding hydrogens is 484 g/mol. The molecule has 0 aliphatic heterocycles. The van der Waals surface area contributed by atoms with Gasteiger partial charge in [0, 0.05) is 5.56 Å². The summed E-state index contributed by atoms with van der Waals surface area (Å²) < 4.78 is 40.3. The van der Waals surface area contributed by atoms with Crippen LogP contribution in [0.5, 0.6) is 5.75 Å². The minimum Gasteiger partial charge on any atom is -0.486 e. The average Bonchev–Trinajstić information content (AvgIpc) is 3.14. The number of benzene rings is 2. The highest BCUT2D eigenvalue weighted by Crippen LogP contribution is 2.23. The van der Waals surface area contributed by atoms with Gasteiger partial charge in [0.2, 0.25) is 10.0 Å². The Morgan fingerprint density at radius 2 is 1.92 bits per heavy atom. The predicted molar refractivity (Wildman–Crippen MR) is 139 cm³/mol. The number of aromatic nitrogens is 2. The highest BCUT2D eigenvalue weighted by molar-refractivity contribution is 7.92. The first kappa shape index (κ1) is 27.0. The number of carbonyl (C=O) groups is 1. The van der Waals surface area contributed by atoms with Crippen LogP contribution >= 0.6 is 0 Å². The third kappa shape index (κ3) is 7.43. The molecule has 0 unspecified atom stereocenters. The van der Waals surface area contributed by atoms with Gasteiger partial charge < -0.3 is 24.7 Å². The molecule has 1 aromatic heterocycles. The summed E-state index contributed by atoms with van der Waals surface area (Å²) in [7, 11) is 0.241. The first-order valence-corrected chi connectivity index (χ1v) is 13.1. The SMILES string of the molecule is CCOC(=O)Cn1c(COc2ccc(C(=N)N)cc2)nc2ccc(NS(=O)(=O)CCCN(C)C)cc21. The van der Waals surface area contributed by atoms with E-state index in [4.69, 9.17) is 20.6 Å². The summed E-state index contributed by atoms with van der Waals surface area (Å²) >= 11 is 0. The molecule has 0 radical (unpaired) electrons. The third-order valence-corrected chi connectivity index (χ3v) is 6.62. The van der Waals surface area contributed by atoms with Crippen molar-refractivity contribution in [3.63, 3.8) is 0 Å². The van der Waals surface area contributed by atoms with Crippen molar-refractivity contribution >= 4 is 38.5 Å². The van der Waals surface area contributed by atoms with Crippen LogP contribution in [-0.2, 0) is 32.7 Å². The van der Waals surface area contributed by atoms with Gasteiger partial charge in [0.15, 0.2) is 0 Å². The normalized spacial score (nSPS) is 11.6. The topological polar surface area (TPSA) is 153 Å². The Bertz CT molecular complexity index is 1320. The molecule has 1 heterocycles. The molecule has 3 aromatic rings. The van der Waals surface area contributed by atoms with Crippen LogP contribution < -0.4 is 15.2 Å². The van der Waals surface area contributed by atoms with Crippen LogP contribution in [0.3, 0.4) is 0 Å². The number of hydrogen-bond acceptors (Lipinski definition) is 8. The number of esters is 1. The number of anilines is 1. The monoisotopic (exact) mass is 516 g/mol. The van der Waals surface area contributed by atoms with E-state index in [1.165, 1.54) is 0 Å². The lowest BCUT2D eigenvalue weighted by Gasteiger charge is -2.12. The molecule has 11 nitrogen and oxygen atoms in total. The van der Waals surface area contributed by atoms with Crippen LogP contribution in [0.1, 0.15) is 24.7 Å². The quantitative estimate of drug-likeness (QED) is 0.177. The zero-order valence-electron chi connectivity index (χ0n) is 20.7. The van der Waals surface area contributed by atoms with Crippen molar-refractivity contribution in [2.45, 2.75) is 26.5 Å². The van der Waals surface area contributed by atoms with Gasteiger partial charge in [-0.25, -0.2) is 13.4 Å². The third-order valence-electron chi connectivity index (χ3n) is 5.24. The molecule has 0 atom stereocenters. The lowest BCUT2D eigenvalue weighted by molar-refractivity contribution is -0.143. The fraction of sp³-hybridized carbons (Fsp3) is 0.375. The Balaban J connectivity index is 1.85. The fourth-order valence-electron chi connectivity index (χ4n) is 3.54. The van der Waals surface area contributed by atoms with Crippen molar-refractivity contribution in [2.75, 3.05) is 37.7 Å². The Morgan fingerprint density at radius 3 is 2.56 bits per heavy atom. The first-order chi connectivity index (χ1) is 17.1. The van der Waals surface area contributed by atoms with E-state index in [1.54, 1.807) is 54.0 Å². The summed E-state index contributed by atoms with van der Waals surface area (Å²) in [5.74, 6) is 0.522. The first-order valence-electron chi connectivity index (χ1n) is 11.4. The van der Waals surface area contributed by atoms with Crippen molar-refractivity contribution < 1.29 is 22.7 Å². The highest BCUT2D eigenvalue weighted by Gasteiger charge is 2.17. The lowest BCUT2D eigenvalue weighted by atomic mass is 10.2. The Morgan fingerprint density at radius 1 is 1.19 bits per heavy atom. The number of nitrogens with zero attached hydrogens (tertiary/aromatic N) is 3. The summed E-state index contributed by atoms with van der Waals surface area (Å²) in [4.78, 5) is 18.8. The predicted octanol–water partition coefficient (Wildman–Crippen LogP) is 2.16. The molecule has 0 spiro atoms. The second-order valence-electron chi connectivity index (χ2n) is 8.43. The number of nitrogens with one attached hydrogen (secondary N) is 2. The van der Waals surface area contributed by atoms with Crippen LogP contribution in [0.4, 0.5) is 5.69 Å². The van der Waals surface area contributed by atoms with Gasteiger partial charge in [-0.1, -0.05) is 0 Å². The maximum absolute atomic E-state index is 12.5. The fourth-order valence-corrected chi connectivity index (χ4v) is 4.64. The number of amidine groups is 1. The average molecular weight is 517 g/mol. The number of nitrogen functional groups attached to an aromatic ring is 1. The number of carbonyl (C=O) groups excluding carboxylic acids is 1. The van der Waals surface area contributed by atoms with Crippen molar-refractivity contribution in [1.29, 1.82) is 5.41 Å². The van der Waals surface area contributed by atoms with E-state index in [0.717, 1.165) is 0 Å². The molecular formula is C24H32N6O5S. The van der Waals surface area contributed by atoms with Crippen LogP contribution in [0, 0.1) is 5.41 Å². The van der Waals surface area contributed by atoms with Crippen molar-refractivity contribution in [2.24, 2.45) is 5.73 Å². The highest BCUT2D eigenvalue weighted by atomic mass is 32.2. The summed E-state index contributed by atoms with van der Waals surface area (Å²) in [5, 5.41) is 7.49. The molecule has 2 aromatic carbocycles. The van der Waals surface area contributed by atoms with E-state index >= 15 is 0 Å². The van der Waals surface area contributed by atoms with Gasteiger partial charge >= 0.3 is 5.97 Å². The summed E-state index contributed by atoms with van der Waals surface area (Å²) in [6.45, 7) is 2.57. The van der Waals surface area contributed by atoms with Crippen LogP contribution in [0.2, 0.25) is 0 Å². The summed E-state index contributed by atoms with van der Waals surface area (Å²) in [6.07, 6.45) is 0.500. The molecule has 0 aliphatic rings. The Hall–Kier alpha value is -3.64. The molecule has 0 amide bonds. The number of hydrogen-bond donors (Lipinski definition) is 3. The molecule has 36 heavy (non-hydrogen) atoms. The van der Waals surface area contributed by atoms with Crippen molar-refractivity contribution in [3.8, 4) is 5.75 Å². The zero-order chi connectivity index (χ0) is 26.3. The molecule has 3 rings (SSSR count). The minimum atomic E-state index is -3.54. The van der Waals surface area contributed by atoms with E-state index in [9.17, 15) is 13.2 Å². The number of nitrogens with two attached hydrogens (primary N) is 1. The molecule has 0 bridgehead atoms. The van der Waals surface area contributed by atoms with Gasteiger partial charge in [-0.05, 0) is 76.4 Å².